The number of nitrogens with zero attached hydrogens (tertiary/aromatic N) is 4. The molecule has 2 heterocycles. The molecule has 0 aliphatic carbocycles. The fourth-order valence-corrected chi connectivity index (χ4v) is 3.52. The molecule has 0 aromatic heterocycles. The third-order valence-corrected chi connectivity index (χ3v) is 5.44. The van der Waals surface area contributed by atoms with E-state index in [1.807, 2.05) is 23.6 Å². The average molecular weight is 338 g/mol. The highest BCUT2D eigenvalue weighted by Gasteiger charge is 2.25. The zero-order valence-electron chi connectivity index (χ0n) is 15.7. The average Bonchev–Trinajstić information content (AvgIpc) is 2.58. The van der Waals surface area contributed by atoms with Crippen molar-refractivity contribution in [2.45, 2.75) is 33.6 Å². The Labute approximate surface area is 146 Å². The SMILES string of the molecule is CCN(CC)C(=O)CN1CCN(CC(=O)N2CCC(C)CC2)CC1. The summed E-state index contributed by atoms with van der Waals surface area (Å²) in [5.74, 6) is 1.24. The number of hydrogen-bond donors (Lipinski definition) is 0. The van der Waals surface area contributed by atoms with Crippen molar-refractivity contribution in [1.82, 2.24) is 19.6 Å². The van der Waals surface area contributed by atoms with E-state index in [-0.39, 0.29) is 11.8 Å². The van der Waals surface area contributed by atoms with E-state index in [4.69, 9.17) is 0 Å². The Bertz CT molecular complexity index is 409. The lowest BCUT2D eigenvalue weighted by atomic mass is 9.99. The van der Waals surface area contributed by atoms with Crippen molar-refractivity contribution < 1.29 is 9.59 Å². The predicted molar refractivity (Wildman–Crippen MR) is 95.8 cm³/mol. The molecule has 0 spiro atoms. The van der Waals surface area contributed by atoms with Crippen LogP contribution in [-0.2, 0) is 9.59 Å². The molecule has 6 nitrogen and oxygen atoms in total. The van der Waals surface area contributed by atoms with E-state index in [2.05, 4.69) is 16.7 Å². The maximum absolute atomic E-state index is 12.4. The van der Waals surface area contributed by atoms with Crippen molar-refractivity contribution in [3.63, 3.8) is 0 Å². The number of piperidine rings is 1. The Morgan fingerprint density at radius 1 is 0.875 bits per heavy atom. The molecule has 6 heteroatoms. The molecule has 0 radical (unpaired) electrons. The number of piperazine rings is 1. The number of hydrogen-bond acceptors (Lipinski definition) is 4. The molecule has 2 aliphatic rings. The summed E-state index contributed by atoms with van der Waals surface area (Å²) < 4.78 is 0. The first-order valence-corrected chi connectivity index (χ1v) is 9.53. The number of amides is 2. The molecular weight excluding hydrogens is 304 g/mol. The molecule has 0 aromatic rings. The largest absolute Gasteiger partial charge is 0.342 e. The maximum Gasteiger partial charge on any atom is 0.236 e. The quantitative estimate of drug-likeness (QED) is 0.716. The highest BCUT2D eigenvalue weighted by atomic mass is 16.2. The summed E-state index contributed by atoms with van der Waals surface area (Å²) in [7, 11) is 0. The number of rotatable bonds is 6. The third-order valence-electron chi connectivity index (χ3n) is 5.44. The number of carbonyl (C=O) groups excluding carboxylic acids is 2. The summed E-state index contributed by atoms with van der Waals surface area (Å²) in [5.41, 5.74) is 0. The molecule has 2 fully saturated rings. The summed E-state index contributed by atoms with van der Waals surface area (Å²) >= 11 is 0. The first-order valence-electron chi connectivity index (χ1n) is 9.53. The van der Waals surface area contributed by atoms with Gasteiger partial charge in [-0.1, -0.05) is 6.92 Å². The van der Waals surface area contributed by atoms with Crippen LogP contribution in [0.1, 0.15) is 33.6 Å². The van der Waals surface area contributed by atoms with Gasteiger partial charge in [-0.25, -0.2) is 0 Å². The van der Waals surface area contributed by atoms with E-state index in [1.165, 1.54) is 0 Å². The van der Waals surface area contributed by atoms with Gasteiger partial charge in [0.15, 0.2) is 0 Å². The Morgan fingerprint density at radius 2 is 1.38 bits per heavy atom. The van der Waals surface area contributed by atoms with Gasteiger partial charge in [0, 0.05) is 52.4 Å². The molecule has 2 amide bonds. The van der Waals surface area contributed by atoms with Crippen LogP contribution in [-0.4, -0.2) is 96.9 Å². The number of carbonyl (C=O) groups is 2. The van der Waals surface area contributed by atoms with Crippen molar-refractivity contribution in [3.8, 4) is 0 Å². The topological polar surface area (TPSA) is 47.1 Å². The Morgan fingerprint density at radius 3 is 1.88 bits per heavy atom. The minimum absolute atomic E-state index is 0.215. The molecule has 2 rings (SSSR count). The molecule has 2 saturated heterocycles. The van der Waals surface area contributed by atoms with Gasteiger partial charge in [0.2, 0.25) is 11.8 Å². The van der Waals surface area contributed by atoms with E-state index in [1.54, 1.807) is 0 Å². The Balaban J connectivity index is 1.69. The van der Waals surface area contributed by atoms with Crippen LogP contribution in [0.2, 0.25) is 0 Å². The van der Waals surface area contributed by atoms with Crippen molar-refractivity contribution in [2.75, 3.05) is 65.4 Å². The van der Waals surface area contributed by atoms with E-state index >= 15 is 0 Å². The van der Waals surface area contributed by atoms with Crippen LogP contribution in [0.4, 0.5) is 0 Å². The molecule has 0 bridgehead atoms. The lowest BCUT2D eigenvalue weighted by Gasteiger charge is -2.37. The van der Waals surface area contributed by atoms with Gasteiger partial charge in [0.1, 0.15) is 0 Å². The van der Waals surface area contributed by atoms with Crippen LogP contribution >= 0.6 is 0 Å². The monoisotopic (exact) mass is 338 g/mol. The molecule has 0 N–H and O–H groups in total. The zero-order chi connectivity index (χ0) is 17.5. The lowest BCUT2D eigenvalue weighted by molar-refractivity contribution is -0.135. The highest BCUT2D eigenvalue weighted by molar-refractivity contribution is 5.79. The van der Waals surface area contributed by atoms with Gasteiger partial charge in [-0.3, -0.25) is 19.4 Å². The minimum atomic E-state index is 0.215. The molecule has 24 heavy (non-hydrogen) atoms. The molecule has 0 saturated carbocycles. The van der Waals surface area contributed by atoms with Crippen LogP contribution in [0, 0.1) is 5.92 Å². The second-order valence-electron chi connectivity index (χ2n) is 7.18. The van der Waals surface area contributed by atoms with Crippen LogP contribution in [0.15, 0.2) is 0 Å². The van der Waals surface area contributed by atoms with Crippen molar-refractivity contribution in [1.29, 1.82) is 0 Å². The summed E-state index contributed by atoms with van der Waals surface area (Å²) in [6.07, 6.45) is 2.26. The number of likely N-dealkylation sites (N-methyl/N-ethyl adjacent to an activating group) is 1. The van der Waals surface area contributed by atoms with Gasteiger partial charge in [-0.15, -0.1) is 0 Å². The Hall–Kier alpha value is -1.14. The van der Waals surface area contributed by atoms with E-state index in [9.17, 15) is 9.59 Å². The third kappa shape index (κ3) is 5.45. The van der Waals surface area contributed by atoms with Crippen LogP contribution < -0.4 is 0 Å². The summed E-state index contributed by atoms with van der Waals surface area (Å²) in [4.78, 5) is 32.9. The summed E-state index contributed by atoms with van der Waals surface area (Å²) in [6, 6.07) is 0. The minimum Gasteiger partial charge on any atom is -0.342 e. The van der Waals surface area contributed by atoms with Gasteiger partial charge in [-0.05, 0) is 32.6 Å². The van der Waals surface area contributed by atoms with E-state index in [0.717, 1.165) is 71.1 Å². The highest BCUT2D eigenvalue weighted by Crippen LogP contribution is 2.16. The molecular formula is C18H34N4O2. The molecule has 0 unspecified atom stereocenters. The molecule has 2 aliphatic heterocycles. The summed E-state index contributed by atoms with van der Waals surface area (Å²) in [5, 5.41) is 0. The normalized spacial score (nSPS) is 21.0. The van der Waals surface area contributed by atoms with Crippen molar-refractivity contribution >= 4 is 11.8 Å². The standard InChI is InChI=1S/C18H34N4O2/c1-4-21(5-2)17(23)14-19-10-12-20(13-11-19)15-18(24)22-8-6-16(3)7-9-22/h16H,4-15H2,1-3H3. The molecule has 138 valence electrons. The van der Waals surface area contributed by atoms with E-state index < -0.39 is 0 Å². The van der Waals surface area contributed by atoms with Crippen LogP contribution in [0.5, 0.6) is 0 Å². The predicted octanol–water partition coefficient (Wildman–Crippen LogP) is 0.731. The van der Waals surface area contributed by atoms with Gasteiger partial charge >= 0.3 is 0 Å². The Kier molecular flexibility index (Phi) is 7.49. The van der Waals surface area contributed by atoms with Gasteiger partial charge in [0.05, 0.1) is 13.1 Å². The zero-order valence-corrected chi connectivity index (χ0v) is 15.7. The number of likely N-dealkylation sites (tertiary alicyclic amines) is 1. The van der Waals surface area contributed by atoms with E-state index in [0.29, 0.717) is 13.1 Å². The molecule has 0 aromatic carbocycles. The first kappa shape index (κ1) is 19.2. The fraction of sp³-hybridized carbons (Fsp3) is 0.889. The van der Waals surface area contributed by atoms with Crippen LogP contribution in [0.3, 0.4) is 0 Å². The first-order chi connectivity index (χ1) is 11.5. The molecule has 0 atom stereocenters. The van der Waals surface area contributed by atoms with Crippen molar-refractivity contribution in [2.24, 2.45) is 5.92 Å². The second kappa shape index (κ2) is 9.37. The second-order valence-corrected chi connectivity index (χ2v) is 7.18. The van der Waals surface area contributed by atoms with Gasteiger partial charge in [0.25, 0.3) is 0 Å². The fourth-order valence-electron chi connectivity index (χ4n) is 3.52. The van der Waals surface area contributed by atoms with Gasteiger partial charge < -0.3 is 9.80 Å². The smallest absolute Gasteiger partial charge is 0.236 e. The van der Waals surface area contributed by atoms with Crippen molar-refractivity contribution in [3.05, 3.63) is 0 Å². The van der Waals surface area contributed by atoms with Crippen LogP contribution in [0.25, 0.3) is 0 Å². The maximum atomic E-state index is 12.4. The van der Waals surface area contributed by atoms with Gasteiger partial charge in [-0.2, -0.15) is 0 Å². The lowest BCUT2D eigenvalue weighted by Crippen LogP contribution is -2.52. The summed E-state index contributed by atoms with van der Waals surface area (Å²) in [6.45, 7) is 14.2.